The minimum absolute atomic E-state index is 0.0251. The summed E-state index contributed by atoms with van der Waals surface area (Å²) in [7, 11) is 0. The Hall–Kier alpha value is -0.540. The third kappa shape index (κ3) is 12.9. The maximum Gasteiger partial charge on any atom is 0.125 e. The van der Waals surface area contributed by atoms with Crippen molar-refractivity contribution in [3.05, 3.63) is 11.8 Å². The van der Waals surface area contributed by atoms with E-state index in [-0.39, 0.29) is 5.76 Å². The molecule has 0 saturated heterocycles. The molecule has 0 aliphatic carbocycles. The van der Waals surface area contributed by atoms with E-state index in [1.807, 2.05) is 0 Å². The topological polar surface area (TPSA) is 66.5 Å². The van der Waals surface area contributed by atoms with Crippen molar-refractivity contribution in [3.8, 4) is 0 Å². The summed E-state index contributed by atoms with van der Waals surface area (Å²) in [5.74, 6) is 0.0251. The number of aliphatic hydroxyl groups excluding tert-OH is 2. The summed E-state index contributed by atoms with van der Waals surface area (Å²) in [5, 5.41) is 19.1. The average molecular weight is 299 g/mol. The quantitative estimate of drug-likeness (QED) is 0.318. The molecule has 0 rings (SSSR count). The highest BCUT2D eigenvalue weighted by Crippen LogP contribution is 2.12. The van der Waals surface area contributed by atoms with Gasteiger partial charge in [-0.05, 0) is 25.8 Å². The lowest BCUT2D eigenvalue weighted by Gasteiger charge is -2.13. The molecule has 0 amide bonds. The van der Waals surface area contributed by atoms with Gasteiger partial charge in [0.25, 0.3) is 0 Å². The van der Waals surface area contributed by atoms with Crippen LogP contribution in [-0.2, 0) is 0 Å². The van der Waals surface area contributed by atoms with E-state index in [1.54, 1.807) is 13.0 Å². The van der Waals surface area contributed by atoms with Crippen molar-refractivity contribution >= 4 is 0 Å². The van der Waals surface area contributed by atoms with Gasteiger partial charge in [0.05, 0.1) is 0 Å². The third-order valence-electron chi connectivity index (χ3n) is 3.96. The van der Waals surface area contributed by atoms with E-state index in [9.17, 15) is 10.2 Å². The Labute approximate surface area is 131 Å². The molecule has 0 heterocycles. The molecule has 0 aromatic rings. The molecule has 0 aromatic carbocycles. The van der Waals surface area contributed by atoms with Gasteiger partial charge in [-0.2, -0.15) is 0 Å². The van der Waals surface area contributed by atoms with E-state index < -0.39 is 12.1 Å². The van der Waals surface area contributed by atoms with E-state index in [0.29, 0.717) is 0 Å². The molecule has 21 heavy (non-hydrogen) atoms. The standard InChI is InChI=1S/C18H37NO2/c1-3-4-5-6-7-8-9-10-11-12-13-14-15-17(20)18(21)16(2)19/h15-16,18,20-21H,3-14,19H2,1-2H3/b17-15+/t16-,18+/m0/s1. The van der Waals surface area contributed by atoms with E-state index in [2.05, 4.69) is 6.92 Å². The number of hydrogen-bond acceptors (Lipinski definition) is 3. The van der Waals surface area contributed by atoms with Gasteiger partial charge in [0.15, 0.2) is 0 Å². The lowest BCUT2D eigenvalue weighted by molar-refractivity contribution is 0.132. The molecule has 2 atom stereocenters. The Bertz CT molecular complexity index is 252. The van der Waals surface area contributed by atoms with E-state index in [0.717, 1.165) is 12.8 Å². The highest BCUT2D eigenvalue weighted by molar-refractivity contribution is 5.00. The summed E-state index contributed by atoms with van der Waals surface area (Å²) in [6, 6.07) is -0.418. The number of allylic oxidation sites excluding steroid dienone is 1. The highest BCUT2D eigenvalue weighted by atomic mass is 16.3. The molecule has 4 N–H and O–H groups in total. The van der Waals surface area contributed by atoms with Gasteiger partial charge in [0, 0.05) is 6.04 Å². The Kier molecular flexibility index (Phi) is 14.0. The molecule has 0 aromatic heterocycles. The molecule has 0 fully saturated rings. The molecule has 0 aliphatic heterocycles. The number of nitrogens with two attached hydrogens (primary N) is 1. The van der Waals surface area contributed by atoms with Gasteiger partial charge < -0.3 is 15.9 Å². The Morgan fingerprint density at radius 3 is 1.76 bits per heavy atom. The zero-order valence-electron chi connectivity index (χ0n) is 14.2. The van der Waals surface area contributed by atoms with E-state index >= 15 is 0 Å². The molecule has 3 nitrogen and oxygen atoms in total. The zero-order valence-corrected chi connectivity index (χ0v) is 14.2. The molecular weight excluding hydrogens is 262 g/mol. The first-order valence-electron chi connectivity index (χ1n) is 8.92. The van der Waals surface area contributed by atoms with Gasteiger partial charge in [-0.1, -0.05) is 71.1 Å². The largest absolute Gasteiger partial charge is 0.510 e. The fraction of sp³-hybridized carbons (Fsp3) is 0.889. The van der Waals surface area contributed by atoms with Crippen molar-refractivity contribution in [2.75, 3.05) is 0 Å². The van der Waals surface area contributed by atoms with Gasteiger partial charge in [-0.25, -0.2) is 0 Å². The SMILES string of the molecule is CCCCCCCCCCCCC/C=C(/O)[C@H](O)[C@H](C)N. The second-order valence-corrected chi connectivity index (χ2v) is 6.26. The lowest BCUT2D eigenvalue weighted by atomic mass is 10.0. The third-order valence-corrected chi connectivity index (χ3v) is 3.96. The summed E-state index contributed by atoms with van der Waals surface area (Å²) in [6.07, 6.45) is 16.1. The summed E-state index contributed by atoms with van der Waals surface area (Å²) in [5.41, 5.74) is 5.52. The molecule has 0 spiro atoms. The van der Waals surface area contributed by atoms with Gasteiger partial charge >= 0.3 is 0 Å². The Morgan fingerprint density at radius 1 is 0.905 bits per heavy atom. The second kappa shape index (κ2) is 14.4. The van der Waals surface area contributed by atoms with Crippen LogP contribution >= 0.6 is 0 Å². The van der Waals surface area contributed by atoms with E-state index in [4.69, 9.17) is 5.73 Å². The van der Waals surface area contributed by atoms with Crippen LogP contribution in [-0.4, -0.2) is 22.4 Å². The number of rotatable bonds is 14. The van der Waals surface area contributed by atoms with Crippen molar-refractivity contribution in [1.29, 1.82) is 0 Å². The summed E-state index contributed by atoms with van der Waals surface area (Å²) in [6.45, 7) is 3.95. The van der Waals surface area contributed by atoms with Gasteiger partial charge in [-0.15, -0.1) is 0 Å². The molecule has 126 valence electrons. The van der Waals surface area contributed by atoms with Crippen molar-refractivity contribution in [2.45, 2.75) is 103 Å². The molecule has 0 unspecified atom stereocenters. The number of aliphatic hydroxyl groups is 2. The Morgan fingerprint density at radius 2 is 1.33 bits per heavy atom. The fourth-order valence-electron chi connectivity index (χ4n) is 2.45. The minimum atomic E-state index is -0.919. The normalized spacial score (nSPS) is 15.1. The first-order chi connectivity index (χ1) is 10.1. The predicted molar refractivity (Wildman–Crippen MR) is 91.4 cm³/mol. The van der Waals surface area contributed by atoms with Crippen LogP contribution in [0.15, 0.2) is 11.8 Å². The average Bonchev–Trinajstić information content (AvgIpc) is 2.47. The van der Waals surface area contributed by atoms with Crippen LogP contribution in [0.3, 0.4) is 0 Å². The summed E-state index contributed by atoms with van der Waals surface area (Å²) in [4.78, 5) is 0. The summed E-state index contributed by atoms with van der Waals surface area (Å²) < 4.78 is 0. The Balaban J connectivity index is 3.31. The predicted octanol–water partition coefficient (Wildman–Crippen LogP) is 4.84. The smallest absolute Gasteiger partial charge is 0.125 e. The van der Waals surface area contributed by atoms with Crippen LogP contribution in [0.1, 0.15) is 90.9 Å². The van der Waals surface area contributed by atoms with Crippen molar-refractivity contribution in [2.24, 2.45) is 5.73 Å². The maximum absolute atomic E-state index is 9.58. The van der Waals surface area contributed by atoms with Crippen LogP contribution < -0.4 is 5.73 Å². The molecule has 3 heteroatoms. The van der Waals surface area contributed by atoms with Crippen molar-refractivity contribution in [1.82, 2.24) is 0 Å². The van der Waals surface area contributed by atoms with Crippen LogP contribution in [0, 0.1) is 0 Å². The van der Waals surface area contributed by atoms with E-state index in [1.165, 1.54) is 64.2 Å². The second-order valence-electron chi connectivity index (χ2n) is 6.26. The fourth-order valence-corrected chi connectivity index (χ4v) is 2.45. The number of hydrogen-bond donors (Lipinski definition) is 3. The monoisotopic (exact) mass is 299 g/mol. The van der Waals surface area contributed by atoms with Gasteiger partial charge in [-0.3, -0.25) is 0 Å². The minimum Gasteiger partial charge on any atom is -0.510 e. The van der Waals surface area contributed by atoms with Crippen LogP contribution in [0.5, 0.6) is 0 Å². The van der Waals surface area contributed by atoms with Crippen LogP contribution in [0.4, 0.5) is 0 Å². The summed E-state index contributed by atoms with van der Waals surface area (Å²) >= 11 is 0. The molecular formula is C18H37NO2. The van der Waals surface area contributed by atoms with Crippen molar-refractivity contribution < 1.29 is 10.2 Å². The lowest BCUT2D eigenvalue weighted by Crippen LogP contribution is -2.32. The van der Waals surface area contributed by atoms with Crippen molar-refractivity contribution in [3.63, 3.8) is 0 Å². The van der Waals surface area contributed by atoms with Gasteiger partial charge in [0.2, 0.25) is 0 Å². The number of unbranched alkanes of at least 4 members (excludes halogenated alkanes) is 11. The molecule has 0 radical (unpaired) electrons. The van der Waals surface area contributed by atoms with Crippen LogP contribution in [0.2, 0.25) is 0 Å². The van der Waals surface area contributed by atoms with Crippen LogP contribution in [0.25, 0.3) is 0 Å². The maximum atomic E-state index is 9.58. The first kappa shape index (κ1) is 20.5. The molecule has 0 bridgehead atoms. The van der Waals surface area contributed by atoms with Gasteiger partial charge in [0.1, 0.15) is 11.9 Å². The molecule has 0 saturated carbocycles. The first-order valence-corrected chi connectivity index (χ1v) is 8.92. The zero-order chi connectivity index (χ0) is 15.9. The highest BCUT2D eigenvalue weighted by Gasteiger charge is 2.13. The molecule has 0 aliphatic rings.